The zero-order valence-electron chi connectivity index (χ0n) is 16.2. The lowest BCUT2D eigenvalue weighted by Crippen LogP contribution is -2.51. The third-order valence-electron chi connectivity index (χ3n) is 4.95. The van der Waals surface area contributed by atoms with E-state index in [1.165, 1.54) is 12.1 Å². The van der Waals surface area contributed by atoms with E-state index < -0.39 is 0 Å². The van der Waals surface area contributed by atoms with Gasteiger partial charge in [0, 0.05) is 50.7 Å². The van der Waals surface area contributed by atoms with E-state index in [9.17, 15) is 4.39 Å². The van der Waals surface area contributed by atoms with Crippen molar-refractivity contribution in [2.75, 3.05) is 51.7 Å². The molecule has 1 aliphatic rings. The molecule has 2 aromatic rings. The summed E-state index contributed by atoms with van der Waals surface area (Å²) in [7, 11) is 5.98. The fraction of sp³-hybridized carbons (Fsp3) is 0.474. The first-order valence-corrected chi connectivity index (χ1v) is 9.14. The molecular formula is C19H28FN7. The molecule has 1 aliphatic heterocycles. The van der Waals surface area contributed by atoms with Crippen LogP contribution in [-0.4, -0.2) is 72.4 Å². The molecule has 1 aromatic heterocycles. The van der Waals surface area contributed by atoms with Gasteiger partial charge in [-0.2, -0.15) is 5.10 Å². The van der Waals surface area contributed by atoms with E-state index >= 15 is 0 Å². The molecule has 1 aromatic carbocycles. The van der Waals surface area contributed by atoms with Crippen LogP contribution in [0.4, 0.5) is 10.1 Å². The van der Waals surface area contributed by atoms with Crippen LogP contribution in [0.2, 0.25) is 0 Å². The molecule has 7 nitrogen and oxygen atoms in total. The average molecular weight is 373 g/mol. The molecule has 1 atom stereocenters. The van der Waals surface area contributed by atoms with Crippen molar-refractivity contribution < 1.29 is 4.39 Å². The van der Waals surface area contributed by atoms with E-state index in [4.69, 9.17) is 5.73 Å². The van der Waals surface area contributed by atoms with Gasteiger partial charge >= 0.3 is 0 Å². The largest absolute Gasteiger partial charge is 0.370 e. The van der Waals surface area contributed by atoms with Crippen LogP contribution < -0.4 is 10.6 Å². The first-order chi connectivity index (χ1) is 12.9. The Balaban J connectivity index is 1.57. The highest BCUT2D eigenvalue weighted by Crippen LogP contribution is 2.19. The summed E-state index contributed by atoms with van der Waals surface area (Å²) in [6.07, 6.45) is 3.88. The maximum Gasteiger partial charge on any atom is 0.191 e. The van der Waals surface area contributed by atoms with Crippen LogP contribution in [0.3, 0.4) is 0 Å². The second-order valence-electron chi connectivity index (χ2n) is 7.08. The summed E-state index contributed by atoms with van der Waals surface area (Å²) in [6, 6.07) is 6.77. The Labute approximate surface area is 159 Å². The maximum atomic E-state index is 13.1. The monoisotopic (exact) mass is 373 g/mol. The molecule has 1 saturated heterocycles. The van der Waals surface area contributed by atoms with E-state index in [0.29, 0.717) is 12.5 Å². The van der Waals surface area contributed by atoms with Crippen molar-refractivity contribution >= 4 is 11.6 Å². The second-order valence-corrected chi connectivity index (χ2v) is 7.08. The summed E-state index contributed by atoms with van der Waals surface area (Å²) in [4.78, 5) is 11.1. The Morgan fingerprint density at radius 3 is 2.44 bits per heavy atom. The van der Waals surface area contributed by atoms with Gasteiger partial charge < -0.3 is 20.4 Å². The molecule has 3 rings (SSSR count). The molecule has 0 radical (unpaired) electrons. The molecule has 2 N–H and O–H groups in total. The van der Waals surface area contributed by atoms with Crippen molar-refractivity contribution in [1.29, 1.82) is 0 Å². The standard InChI is InChI=1S/C19H28FN7/c1-24(2)18(15-12-23-25(3)14-15)13-22-19(21)27-10-8-26(9-11-27)17-6-4-16(20)5-7-17/h4-7,12,14,18H,8-11,13H2,1-3H3,(H2,21,22). The predicted octanol–water partition coefficient (Wildman–Crippen LogP) is 1.30. The predicted molar refractivity (Wildman–Crippen MR) is 106 cm³/mol. The highest BCUT2D eigenvalue weighted by atomic mass is 19.1. The van der Waals surface area contributed by atoms with Gasteiger partial charge in [-0.05, 0) is 38.4 Å². The van der Waals surface area contributed by atoms with E-state index in [2.05, 4.69) is 24.8 Å². The van der Waals surface area contributed by atoms with E-state index in [0.717, 1.165) is 37.4 Å². The molecule has 0 aliphatic carbocycles. The summed E-state index contributed by atoms with van der Waals surface area (Å²) >= 11 is 0. The lowest BCUT2D eigenvalue weighted by atomic mass is 10.1. The first kappa shape index (κ1) is 19.2. The highest BCUT2D eigenvalue weighted by molar-refractivity contribution is 5.78. The van der Waals surface area contributed by atoms with Crippen molar-refractivity contribution in [3.63, 3.8) is 0 Å². The van der Waals surface area contributed by atoms with Crippen molar-refractivity contribution in [3.8, 4) is 0 Å². The lowest BCUT2D eigenvalue weighted by molar-refractivity contribution is 0.304. The number of rotatable bonds is 5. The molecule has 8 heteroatoms. The normalized spacial score (nSPS) is 16.9. The molecule has 146 valence electrons. The summed E-state index contributed by atoms with van der Waals surface area (Å²) < 4.78 is 14.9. The number of aromatic nitrogens is 2. The number of guanidine groups is 1. The number of nitrogens with two attached hydrogens (primary N) is 1. The van der Waals surface area contributed by atoms with Gasteiger partial charge in [0.25, 0.3) is 0 Å². The number of benzene rings is 1. The minimum Gasteiger partial charge on any atom is -0.370 e. The quantitative estimate of drug-likeness (QED) is 0.632. The van der Waals surface area contributed by atoms with Crippen molar-refractivity contribution in [3.05, 3.63) is 48.0 Å². The number of likely N-dealkylation sites (N-methyl/N-ethyl adjacent to an activating group) is 1. The third-order valence-corrected chi connectivity index (χ3v) is 4.95. The molecule has 1 unspecified atom stereocenters. The van der Waals surface area contributed by atoms with Gasteiger partial charge in [0.2, 0.25) is 0 Å². The lowest BCUT2D eigenvalue weighted by Gasteiger charge is -2.36. The maximum absolute atomic E-state index is 13.1. The molecule has 0 saturated carbocycles. The second kappa shape index (κ2) is 8.39. The summed E-state index contributed by atoms with van der Waals surface area (Å²) in [5.41, 5.74) is 8.42. The highest BCUT2D eigenvalue weighted by Gasteiger charge is 2.20. The number of halogens is 1. The van der Waals surface area contributed by atoms with Crippen LogP contribution in [0.5, 0.6) is 0 Å². The van der Waals surface area contributed by atoms with E-state index in [1.54, 1.807) is 4.68 Å². The zero-order valence-corrected chi connectivity index (χ0v) is 16.2. The molecule has 27 heavy (non-hydrogen) atoms. The number of anilines is 1. The van der Waals surface area contributed by atoms with Crippen LogP contribution in [0, 0.1) is 5.82 Å². The smallest absolute Gasteiger partial charge is 0.191 e. The fourth-order valence-electron chi connectivity index (χ4n) is 3.30. The topological polar surface area (TPSA) is 65.9 Å². The number of piperazine rings is 1. The summed E-state index contributed by atoms with van der Waals surface area (Å²) in [5, 5.41) is 4.25. The number of hydrogen-bond acceptors (Lipinski definition) is 4. The van der Waals surface area contributed by atoms with E-state index in [1.807, 2.05) is 45.7 Å². The average Bonchev–Trinajstić information content (AvgIpc) is 3.08. The zero-order chi connectivity index (χ0) is 19.4. The van der Waals surface area contributed by atoms with Crippen molar-refractivity contribution in [2.45, 2.75) is 6.04 Å². The number of hydrogen-bond donors (Lipinski definition) is 1. The Hall–Kier alpha value is -2.61. The Kier molecular flexibility index (Phi) is 5.95. The van der Waals surface area contributed by atoms with Crippen LogP contribution >= 0.6 is 0 Å². The molecule has 2 heterocycles. The first-order valence-electron chi connectivity index (χ1n) is 9.14. The summed E-state index contributed by atoms with van der Waals surface area (Å²) in [5.74, 6) is 0.363. The van der Waals surface area contributed by atoms with Gasteiger partial charge in [-0.15, -0.1) is 0 Å². The number of nitrogens with zero attached hydrogens (tertiary/aromatic N) is 6. The van der Waals surface area contributed by atoms with Gasteiger partial charge in [0.15, 0.2) is 5.96 Å². The fourth-order valence-corrected chi connectivity index (χ4v) is 3.30. The van der Waals surface area contributed by atoms with Crippen molar-refractivity contribution in [2.24, 2.45) is 17.8 Å². The Morgan fingerprint density at radius 1 is 1.22 bits per heavy atom. The minimum atomic E-state index is -0.210. The van der Waals surface area contributed by atoms with Gasteiger partial charge in [-0.25, -0.2) is 4.39 Å². The van der Waals surface area contributed by atoms with Gasteiger partial charge in [-0.3, -0.25) is 9.67 Å². The van der Waals surface area contributed by atoms with Gasteiger partial charge in [-0.1, -0.05) is 0 Å². The molecular weight excluding hydrogens is 345 g/mol. The summed E-state index contributed by atoms with van der Waals surface area (Å²) in [6.45, 7) is 3.85. The Bertz CT molecular complexity index is 761. The van der Waals surface area contributed by atoms with Crippen LogP contribution in [0.1, 0.15) is 11.6 Å². The Morgan fingerprint density at radius 2 is 1.89 bits per heavy atom. The number of aliphatic imine (C=N–C) groups is 1. The van der Waals surface area contributed by atoms with Crippen LogP contribution in [-0.2, 0) is 7.05 Å². The van der Waals surface area contributed by atoms with E-state index in [-0.39, 0.29) is 11.9 Å². The minimum absolute atomic E-state index is 0.137. The van der Waals surface area contributed by atoms with Gasteiger partial charge in [0.05, 0.1) is 18.8 Å². The number of aryl methyl sites for hydroxylation is 1. The molecule has 0 bridgehead atoms. The molecule has 0 spiro atoms. The molecule has 1 fully saturated rings. The van der Waals surface area contributed by atoms with Crippen LogP contribution in [0.25, 0.3) is 0 Å². The molecule has 0 amide bonds. The SMILES string of the molecule is CN(C)C(CN=C(N)N1CCN(c2ccc(F)cc2)CC1)c1cnn(C)c1. The van der Waals surface area contributed by atoms with Gasteiger partial charge in [0.1, 0.15) is 5.82 Å². The third kappa shape index (κ3) is 4.77. The van der Waals surface area contributed by atoms with Crippen LogP contribution in [0.15, 0.2) is 41.7 Å². The van der Waals surface area contributed by atoms with Crippen molar-refractivity contribution in [1.82, 2.24) is 19.6 Å².